The number of hydrogen-bond acceptors (Lipinski definition) is 3. The molecule has 0 heterocycles. The highest BCUT2D eigenvalue weighted by Gasteiger charge is 2.20. The number of para-hydroxylation sites is 1. The van der Waals surface area contributed by atoms with Crippen molar-refractivity contribution in [2.75, 3.05) is 14.2 Å². The van der Waals surface area contributed by atoms with E-state index in [2.05, 4.69) is 4.74 Å². The molecule has 1 atom stereocenters. The Labute approximate surface area is 146 Å². The molecule has 1 amide bonds. The molecule has 2 rings (SSSR count). The molecule has 2 aromatic carbocycles. The number of nitrogens with zero attached hydrogens (tertiary/aromatic N) is 1. The number of methoxy groups -OCH3 is 1. The van der Waals surface area contributed by atoms with Crippen LogP contribution < -0.4 is 9.47 Å². The zero-order valence-corrected chi connectivity index (χ0v) is 14.4. The number of ether oxygens (including phenoxy) is 2. The highest BCUT2D eigenvalue weighted by atomic mass is 19.3. The van der Waals surface area contributed by atoms with E-state index >= 15 is 0 Å². The maximum atomic E-state index is 12.5. The summed E-state index contributed by atoms with van der Waals surface area (Å²) in [6.07, 6.45) is 0.172. The molecule has 0 saturated carbocycles. The third-order valence-electron chi connectivity index (χ3n) is 4.07. The molecule has 1 unspecified atom stereocenters. The van der Waals surface area contributed by atoms with Crippen LogP contribution in [0.5, 0.6) is 11.5 Å². The van der Waals surface area contributed by atoms with E-state index in [9.17, 15) is 13.6 Å². The monoisotopic (exact) mass is 349 g/mol. The lowest BCUT2D eigenvalue weighted by Crippen LogP contribution is -2.31. The average Bonchev–Trinajstić information content (AvgIpc) is 2.61. The predicted molar refractivity (Wildman–Crippen MR) is 91.0 cm³/mol. The van der Waals surface area contributed by atoms with E-state index in [4.69, 9.17) is 4.74 Å². The van der Waals surface area contributed by atoms with Gasteiger partial charge in [0.05, 0.1) is 19.6 Å². The normalized spacial score (nSPS) is 11.9. The Morgan fingerprint density at radius 3 is 2.36 bits per heavy atom. The molecule has 0 saturated heterocycles. The Bertz CT molecular complexity index is 704. The number of benzene rings is 2. The van der Waals surface area contributed by atoms with Crippen LogP contribution in [0.15, 0.2) is 48.5 Å². The van der Waals surface area contributed by atoms with Gasteiger partial charge in [0.1, 0.15) is 11.5 Å². The SMILES string of the molecule is COc1ccccc1C(C)N(C)C(=O)Cc1ccc(OC(F)F)cc1. The van der Waals surface area contributed by atoms with Gasteiger partial charge in [0, 0.05) is 12.6 Å². The van der Waals surface area contributed by atoms with Gasteiger partial charge in [-0.25, -0.2) is 0 Å². The van der Waals surface area contributed by atoms with E-state index in [-0.39, 0.29) is 24.1 Å². The maximum Gasteiger partial charge on any atom is 0.387 e. The van der Waals surface area contributed by atoms with Gasteiger partial charge in [0.15, 0.2) is 0 Å². The molecule has 2 aromatic rings. The quantitative estimate of drug-likeness (QED) is 0.757. The summed E-state index contributed by atoms with van der Waals surface area (Å²) in [6.45, 7) is -0.935. The fraction of sp³-hybridized carbons (Fsp3) is 0.316. The van der Waals surface area contributed by atoms with Gasteiger partial charge >= 0.3 is 6.61 Å². The van der Waals surface area contributed by atoms with Crippen LogP contribution in [0.4, 0.5) is 8.78 Å². The largest absolute Gasteiger partial charge is 0.496 e. The number of hydrogen-bond donors (Lipinski definition) is 0. The first-order valence-electron chi connectivity index (χ1n) is 7.84. The van der Waals surface area contributed by atoms with Crippen molar-refractivity contribution in [2.24, 2.45) is 0 Å². The van der Waals surface area contributed by atoms with Crippen LogP contribution in [-0.2, 0) is 11.2 Å². The van der Waals surface area contributed by atoms with Crippen LogP contribution in [0.25, 0.3) is 0 Å². The van der Waals surface area contributed by atoms with Gasteiger partial charge < -0.3 is 14.4 Å². The van der Waals surface area contributed by atoms with Gasteiger partial charge in [-0.2, -0.15) is 8.78 Å². The molecule has 0 bridgehead atoms. The molecule has 0 N–H and O–H groups in total. The number of amides is 1. The van der Waals surface area contributed by atoms with Crippen LogP contribution in [-0.4, -0.2) is 31.6 Å². The minimum Gasteiger partial charge on any atom is -0.496 e. The summed E-state index contributed by atoms with van der Waals surface area (Å²) in [5.41, 5.74) is 1.65. The first kappa shape index (κ1) is 18.7. The van der Waals surface area contributed by atoms with Crippen molar-refractivity contribution in [3.8, 4) is 11.5 Å². The van der Waals surface area contributed by atoms with Crippen molar-refractivity contribution in [1.82, 2.24) is 4.90 Å². The summed E-state index contributed by atoms with van der Waals surface area (Å²) < 4.78 is 34.0. The van der Waals surface area contributed by atoms with Crippen molar-refractivity contribution in [2.45, 2.75) is 26.0 Å². The van der Waals surface area contributed by atoms with Gasteiger partial charge in [0.2, 0.25) is 5.91 Å². The van der Waals surface area contributed by atoms with Crippen LogP contribution in [0.2, 0.25) is 0 Å². The number of carbonyl (C=O) groups is 1. The molecule has 0 aliphatic heterocycles. The molecular formula is C19H21F2NO3. The molecule has 4 nitrogen and oxygen atoms in total. The van der Waals surface area contributed by atoms with Crippen LogP contribution in [0, 0.1) is 0 Å². The fourth-order valence-corrected chi connectivity index (χ4v) is 2.52. The Kier molecular flexibility index (Phi) is 6.33. The van der Waals surface area contributed by atoms with E-state index in [0.29, 0.717) is 0 Å². The van der Waals surface area contributed by atoms with Crippen molar-refractivity contribution < 1.29 is 23.0 Å². The van der Waals surface area contributed by atoms with Crippen molar-refractivity contribution in [3.05, 3.63) is 59.7 Å². The molecule has 0 fully saturated rings. The predicted octanol–water partition coefficient (Wildman–Crippen LogP) is 4.06. The molecular weight excluding hydrogens is 328 g/mol. The summed E-state index contributed by atoms with van der Waals surface area (Å²) in [7, 11) is 3.32. The Morgan fingerprint density at radius 1 is 1.12 bits per heavy atom. The van der Waals surface area contributed by atoms with Gasteiger partial charge in [0.25, 0.3) is 0 Å². The van der Waals surface area contributed by atoms with Crippen LogP contribution in [0.3, 0.4) is 0 Å². The zero-order valence-electron chi connectivity index (χ0n) is 14.4. The van der Waals surface area contributed by atoms with E-state index in [1.807, 2.05) is 31.2 Å². The molecule has 25 heavy (non-hydrogen) atoms. The van der Waals surface area contributed by atoms with Gasteiger partial charge in [-0.3, -0.25) is 4.79 Å². The topological polar surface area (TPSA) is 38.8 Å². The number of alkyl halides is 2. The number of rotatable bonds is 7. The number of halogens is 2. The Balaban J connectivity index is 2.04. The molecule has 0 aromatic heterocycles. The fourth-order valence-electron chi connectivity index (χ4n) is 2.52. The van der Waals surface area contributed by atoms with Gasteiger partial charge in [-0.15, -0.1) is 0 Å². The second kappa shape index (κ2) is 8.46. The molecule has 0 aliphatic rings. The van der Waals surface area contributed by atoms with E-state index in [0.717, 1.165) is 16.9 Å². The van der Waals surface area contributed by atoms with Crippen molar-refractivity contribution >= 4 is 5.91 Å². The van der Waals surface area contributed by atoms with Crippen molar-refractivity contribution in [1.29, 1.82) is 0 Å². The first-order chi connectivity index (χ1) is 11.9. The summed E-state index contributed by atoms with van der Waals surface area (Å²) in [5.74, 6) is 0.714. The molecule has 0 radical (unpaired) electrons. The molecule has 0 aliphatic carbocycles. The third kappa shape index (κ3) is 4.92. The number of carbonyl (C=O) groups excluding carboxylic acids is 1. The summed E-state index contributed by atoms with van der Waals surface area (Å²) in [4.78, 5) is 14.2. The van der Waals surface area contributed by atoms with Crippen LogP contribution >= 0.6 is 0 Å². The average molecular weight is 349 g/mol. The Hall–Kier alpha value is -2.63. The lowest BCUT2D eigenvalue weighted by molar-refractivity contribution is -0.131. The molecule has 6 heteroatoms. The first-order valence-corrected chi connectivity index (χ1v) is 7.84. The smallest absolute Gasteiger partial charge is 0.387 e. The minimum absolute atomic E-state index is 0.0712. The minimum atomic E-state index is -2.86. The lowest BCUT2D eigenvalue weighted by Gasteiger charge is -2.26. The van der Waals surface area contributed by atoms with Gasteiger partial charge in [-0.1, -0.05) is 30.3 Å². The molecule has 0 spiro atoms. The summed E-state index contributed by atoms with van der Waals surface area (Å²) >= 11 is 0. The summed E-state index contributed by atoms with van der Waals surface area (Å²) in [6, 6.07) is 13.5. The second-order valence-electron chi connectivity index (χ2n) is 5.62. The standard InChI is InChI=1S/C19H21F2NO3/c1-13(16-6-4-5-7-17(16)24-3)22(2)18(23)12-14-8-10-15(11-9-14)25-19(20)21/h4-11,13,19H,12H2,1-3H3. The molecule has 134 valence electrons. The van der Waals surface area contributed by atoms with Crippen molar-refractivity contribution in [3.63, 3.8) is 0 Å². The van der Waals surface area contributed by atoms with E-state index in [1.165, 1.54) is 12.1 Å². The van der Waals surface area contributed by atoms with Gasteiger partial charge in [-0.05, 0) is 30.7 Å². The second-order valence-corrected chi connectivity index (χ2v) is 5.62. The van der Waals surface area contributed by atoms with E-state index < -0.39 is 6.61 Å². The van der Waals surface area contributed by atoms with Crippen LogP contribution in [0.1, 0.15) is 24.1 Å². The van der Waals surface area contributed by atoms with E-state index in [1.54, 1.807) is 31.2 Å². The third-order valence-corrected chi connectivity index (χ3v) is 4.07. The summed E-state index contributed by atoms with van der Waals surface area (Å²) in [5, 5.41) is 0. The number of likely N-dealkylation sites (N-methyl/N-ethyl adjacent to an activating group) is 1. The lowest BCUT2D eigenvalue weighted by atomic mass is 10.0. The maximum absolute atomic E-state index is 12.5. The highest BCUT2D eigenvalue weighted by molar-refractivity contribution is 5.79. The Morgan fingerprint density at radius 2 is 1.76 bits per heavy atom. The highest BCUT2D eigenvalue weighted by Crippen LogP contribution is 2.28. The zero-order chi connectivity index (χ0) is 18.4.